The lowest BCUT2D eigenvalue weighted by molar-refractivity contribution is 0.300. The van der Waals surface area contributed by atoms with Gasteiger partial charge in [-0.1, -0.05) is 13.8 Å². The van der Waals surface area contributed by atoms with Crippen LogP contribution in [0.2, 0.25) is 0 Å². The zero-order valence-electron chi connectivity index (χ0n) is 12.5. The molecule has 0 amide bonds. The second-order valence-corrected chi connectivity index (χ2v) is 4.54. The molecule has 0 atom stereocenters. The van der Waals surface area contributed by atoms with Gasteiger partial charge in [-0.25, -0.2) is 13.8 Å². The van der Waals surface area contributed by atoms with Crippen molar-refractivity contribution in [1.82, 2.24) is 9.88 Å². The first kappa shape index (κ1) is 16.6. The summed E-state index contributed by atoms with van der Waals surface area (Å²) in [6, 6.07) is 0.858. The van der Waals surface area contributed by atoms with Gasteiger partial charge in [-0.05, 0) is 26.4 Å². The molecule has 2 N–H and O–H groups in total. The van der Waals surface area contributed by atoms with E-state index >= 15 is 0 Å². The van der Waals surface area contributed by atoms with E-state index in [1.54, 1.807) is 0 Å². The van der Waals surface area contributed by atoms with E-state index in [9.17, 15) is 8.78 Å². The number of pyridine rings is 1. The third-order valence-corrected chi connectivity index (χ3v) is 2.98. The van der Waals surface area contributed by atoms with Crippen LogP contribution < -0.4 is 10.6 Å². The van der Waals surface area contributed by atoms with E-state index in [1.807, 2.05) is 6.92 Å². The molecule has 1 heterocycles. The second-order valence-electron chi connectivity index (χ2n) is 4.54. The van der Waals surface area contributed by atoms with E-state index in [0.717, 1.165) is 32.1 Å². The van der Waals surface area contributed by atoms with Gasteiger partial charge in [0.05, 0.1) is 0 Å². The van der Waals surface area contributed by atoms with Crippen molar-refractivity contribution in [2.45, 2.75) is 27.2 Å². The Hall–Kier alpha value is -1.43. The maximum Gasteiger partial charge on any atom is 0.168 e. The van der Waals surface area contributed by atoms with E-state index in [2.05, 4.69) is 34.4 Å². The first-order chi connectivity index (χ1) is 9.62. The number of hydrogen-bond acceptors (Lipinski definition) is 4. The van der Waals surface area contributed by atoms with Gasteiger partial charge in [0.15, 0.2) is 23.3 Å². The van der Waals surface area contributed by atoms with Crippen molar-refractivity contribution in [1.29, 1.82) is 0 Å². The van der Waals surface area contributed by atoms with Crippen molar-refractivity contribution in [3.8, 4) is 0 Å². The van der Waals surface area contributed by atoms with Gasteiger partial charge in [0.1, 0.15) is 0 Å². The summed E-state index contributed by atoms with van der Waals surface area (Å²) in [6.07, 6.45) is 1.08. The Labute approximate surface area is 119 Å². The Morgan fingerprint density at radius 1 is 1.05 bits per heavy atom. The summed E-state index contributed by atoms with van der Waals surface area (Å²) in [4.78, 5) is 6.20. The highest BCUT2D eigenvalue weighted by atomic mass is 19.1. The third-order valence-electron chi connectivity index (χ3n) is 2.98. The molecule has 0 bridgehead atoms. The van der Waals surface area contributed by atoms with Gasteiger partial charge in [0.2, 0.25) is 0 Å². The minimum Gasteiger partial charge on any atom is -0.368 e. The molecule has 6 heteroatoms. The normalized spacial score (nSPS) is 10.9. The molecule has 0 spiro atoms. The van der Waals surface area contributed by atoms with Gasteiger partial charge in [0, 0.05) is 25.7 Å². The molecule has 0 unspecified atom stereocenters. The van der Waals surface area contributed by atoms with E-state index in [-0.39, 0.29) is 11.6 Å². The summed E-state index contributed by atoms with van der Waals surface area (Å²) in [6.45, 7) is 9.94. The van der Waals surface area contributed by atoms with Crippen LogP contribution in [-0.4, -0.2) is 42.6 Å². The molecular formula is C14H24F2N4. The minimum atomic E-state index is -0.670. The molecule has 0 saturated heterocycles. The molecule has 0 aliphatic heterocycles. The first-order valence-electron chi connectivity index (χ1n) is 7.18. The van der Waals surface area contributed by atoms with E-state index in [1.165, 1.54) is 0 Å². The van der Waals surface area contributed by atoms with Crippen molar-refractivity contribution >= 4 is 11.6 Å². The van der Waals surface area contributed by atoms with Crippen LogP contribution >= 0.6 is 0 Å². The zero-order chi connectivity index (χ0) is 15.0. The molecule has 0 fully saturated rings. The Morgan fingerprint density at radius 2 is 1.70 bits per heavy atom. The highest BCUT2D eigenvalue weighted by Gasteiger charge is 2.11. The molecule has 1 rings (SSSR count). The Kier molecular flexibility index (Phi) is 7.22. The lowest BCUT2D eigenvalue weighted by Crippen LogP contribution is -2.30. The summed E-state index contributed by atoms with van der Waals surface area (Å²) >= 11 is 0. The van der Waals surface area contributed by atoms with Crippen LogP contribution in [0.4, 0.5) is 20.4 Å². The zero-order valence-corrected chi connectivity index (χ0v) is 12.5. The average Bonchev–Trinajstić information content (AvgIpc) is 2.42. The number of halogens is 2. The summed E-state index contributed by atoms with van der Waals surface area (Å²) in [5.74, 6) is -1.16. The minimum absolute atomic E-state index is 0.0808. The van der Waals surface area contributed by atoms with E-state index < -0.39 is 11.6 Å². The Morgan fingerprint density at radius 3 is 2.25 bits per heavy atom. The number of nitrogens with zero attached hydrogens (tertiary/aromatic N) is 2. The van der Waals surface area contributed by atoms with Gasteiger partial charge >= 0.3 is 0 Å². The standard InChI is InChI=1S/C14H24F2N4/c1-4-8-20(6-3)9-7-18-14-12(16)10-11(15)13(19-14)17-5-2/h10H,4-9H2,1-3H3,(H2,17,18,19). The monoisotopic (exact) mass is 286 g/mol. The second kappa shape index (κ2) is 8.68. The highest BCUT2D eigenvalue weighted by Crippen LogP contribution is 2.18. The van der Waals surface area contributed by atoms with E-state index in [4.69, 9.17) is 0 Å². The molecule has 0 radical (unpaired) electrons. The smallest absolute Gasteiger partial charge is 0.168 e. The lowest BCUT2D eigenvalue weighted by atomic mass is 10.3. The van der Waals surface area contributed by atoms with Crippen LogP contribution in [0.25, 0.3) is 0 Å². The molecule has 0 saturated carbocycles. The Balaban J connectivity index is 2.60. The van der Waals surface area contributed by atoms with Gasteiger partial charge in [-0.15, -0.1) is 0 Å². The van der Waals surface area contributed by atoms with Crippen LogP contribution in [0.15, 0.2) is 6.07 Å². The number of nitrogens with one attached hydrogen (secondary N) is 2. The van der Waals surface area contributed by atoms with Gasteiger partial charge in [-0.2, -0.15) is 0 Å². The van der Waals surface area contributed by atoms with Crippen LogP contribution in [0, 0.1) is 11.6 Å². The molecule has 0 aromatic carbocycles. The fourth-order valence-electron chi connectivity index (χ4n) is 1.96. The van der Waals surface area contributed by atoms with Crippen molar-refractivity contribution in [3.63, 3.8) is 0 Å². The number of likely N-dealkylation sites (N-methyl/N-ethyl adjacent to an activating group) is 1. The molecule has 1 aromatic heterocycles. The maximum atomic E-state index is 13.6. The highest BCUT2D eigenvalue weighted by molar-refractivity contribution is 5.47. The molecular weight excluding hydrogens is 262 g/mol. The molecule has 0 aliphatic carbocycles. The van der Waals surface area contributed by atoms with Crippen molar-refractivity contribution in [2.75, 3.05) is 43.4 Å². The number of anilines is 2. The number of hydrogen-bond donors (Lipinski definition) is 2. The fourth-order valence-corrected chi connectivity index (χ4v) is 1.96. The number of aromatic nitrogens is 1. The fraction of sp³-hybridized carbons (Fsp3) is 0.643. The average molecular weight is 286 g/mol. The van der Waals surface area contributed by atoms with Crippen molar-refractivity contribution in [3.05, 3.63) is 17.7 Å². The van der Waals surface area contributed by atoms with Crippen LogP contribution in [-0.2, 0) is 0 Å². The molecule has 4 nitrogen and oxygen atoms in total. The van der Waals surface area contributed by atoms with Gasteiger partial charge in [0.25, 0.3) is 0 Å². The third kappa shape index (κ3) is 4.92. The SMILES string of the molecule is CCCN(CC)CCNc1nc(NCC)c(F)cc1F. The number of rotatable bonds is 9. The largest absolute Gasteiger partial charge is 0.368 e. The summed E-state index contributed by atoms with van der Waals surface area (Å²) in [5, 5.41) is 5.70. The summed E-state index contributed by atoms with van der Waals surface area (Å²) in [5.41, 5.74) is 0. The van der Waals surface area contributed by atoms with E-state index in [0.29, 0.717) is 13.1 Å². The van der Waals surface area contributed by atoms with Gasteiger partial charge < -0.3 is 15.5 Å². The van der Waals surface area contributed by atoms with Crippen LogP contribution in [0.3, 0.4) is 0 Å². The lowest BCUT2D eigenvalue weighted by Gasteiger charge is -2.20. The van der Waals surface area contributed by atoms with Crippen LogP contribution in [0.5, 0.6) is 0 Å². The van der Waals surface area contributed by atoms with Gasteiger partial charge in [-0.3, -0.25) is 0 Å². The van der Waals surface area contributed by atoms with Crippen molar-refractivity contribution in [2.24, 2.45) is 0 Å². The predicted molar refractivity (Wildman–Crippen MR) is 79.2 cm³/mol. The maximum absolute atomic E-state index is 13.6. The molecule has 114 valence electrons. The molecule has 0 aliphatic rings. The summed E-state index contributed by atoms with van der Waals surface area (Å²) < 4.78 is 27.0. The molecule has 1 aromatic rings. The van der Waals surface area contributed by atoms with Crippen LogP contribution in [0.1, 0.15) is 27.2 Å². The predicted octanol–water partition coefficient (Wildman–Crippen LogP) is 2.94. The van der Waals surface area contributed by atoms with Crippen molar-refractivity contribution < 1.29 is 8.78 Å². The molecule has 20 heavy (non-hydrogen) atoms. The first-order valence-corrected chi connectivity index (χ1v) is 7.18. The summed E-state index contributed by atoms with van der Waals surface area (Å²) in [7, 11) is 0. The Bertz CT molecular complexity index is 412. The quantitative estimate of drug-likeness (QED) is 0.732. The topological polar surface area (TPSA) is 40.2 Å².